The molecule has 1 amide bonds. The van der Waals surface area contributed by atoms with Gasteiger partial charge in [0.25, 0.3) is 5.24 Å². The molecule has 1 saturated heterocycles. The van der Waals surface area contributed by atoms with Crippen LogP contribution >= 0.6 is 47.2 Å². The van der Waals surface area contributed by atoms with Gasteiger partial charge in [0.2, 0.25) is 0 Å². The van der Waals surface area contributed by atoms with Crippen LogP contribution in [0.25, 0.3) is 5.70 Å². The molecule has 4 nitrogen and oxygen atoms in total. The Morgan fingerprint density at radius 3 is 2.37 bits per heavy atom. The lowest BCUT2D eigenvalue weighted by Gasteiger charge is -2.04. The molecular formula is C11H5Cl2N3OS2. The zero-order valence-corrected chi connectivity index (χ0v) is 12.3. The van der Waals surface area contributed by atoms with E-state index in [1.807, 2.05) is 0 Å². The van der Waals surface area contributed by atoms with E-state index >= 15 is 0 Å². The number of hydrogen-bond acceptors (Lipinski definition) is 4. The molecule has 0 unspecified atom stereocenters. The number of fused-ring (bicyclic) bond motifs is 1. The summed E-state index contributed by atoms with van der Waals surface area (Å²) in [7, 11) is 0. The van der Waals surface area contributed by atoms with Gasteiger partial charge >= 0.3 is 0 Å². The first kappa shape index (κ1) is 12.9. The third-order valence-electron chi connectivity index (χ3n) is 2.69. The highest BCUT2D eigenvalue weighted by molar-refractivity contribution is 8.19. The molecule has 1 fully saturated rings. The number of hydrogen-bond donors (Lipinski definition) is 3. The van der Waals surface area contributed by atoms with Crippen molar-refractivity contribution >= 4 is 68.9 Å². The molecule has 0 aliphatic carbocycles. The highest BCUT2D eigenvalue weighted by Crippen LogP contribution is 2.38. The van der Waals surface area contributed by atoms with Crippen LogP contribution in [0.2, 0.25) is 10.0 Å². The largest absolute Gasteiger partial charge is 0.339 e. The number of rotatable bonds is 0. The van der Waals surface area contributed by atoms with Crippen LogP contribution in [-0.4, -0.2) is 16.1 Å². The number of thiocarbonyl (C=S) groups is 1. The SMILES string of the molecule is N=C1N/C(=C2/SC(=O)NC2=S)c2cc(Cl)c(Cl)cc21. The maximum Gasteiger partial charge on any atom is 0.289 e. The van der Waals surface area contributed by atoms with Crippen molar-refractivity contribution < 1.29 is 4.79 Å². The monoisotopic (exact) mass is 329 g/mol. The van der Waals surface area contributed by atoms with Crippen molar-refractivity contribution in [3.63, 3.8) is 0 Å². The number of amides is 1. The summed E-state index contributed by atoms with van der Waals surface area (Å²) in [5, 5.41) is 13.9. The minimum absolute atomic E-state index is 0.207. The minimum Gasteiger partial charge on any atom is -0.339 e. The maximum absolute atomic E-state index is 11.3. The molecule has 96 valence electrons. The van der Waals surface area contributed by atoms with Crippen LogP contribution in [-0.2, 0) is 0 Å². The number of amidine groups is 1. The summed E-state index contributed by atoms with van der Waals surface area (Å²) < 4.78 is 0. The summed E-state index contributed by atoms with van der Waals surface area (Å²) in [5.74, 6) is 0.207. The Bertz CT molecular complexity index is 699. The number of benzene rings is 1. The highest BCUT2D eigenvalue weighted by atomic mass is 35.5. The van der Waals surface area contributed by atoms with Crippen molar-refractivity contribution in [2.75, 3.05) is 0 Å². The Morgan fingerprint density at radius 2 is 1.79 bits per heavy atom. The quantitative estimate of drug-likeness (QED) is 0.504. The first-order chi connectivity index (χ1) is 8.97. The molecule has 2 aliphatic rings. The fourth-order valence-corrected chi connectivity index (χ4v) is 3.33. The molecule has 8 heteroatoms. The number of carbonyl (C=O) groups excluding carboxylic acids is 1. The molecule has 2 aliphatic heterocycles. The molecule has 1 aromatic rings. The standard InChI is InChI=1S/C11H5Cl2N3OS2/c12-5-1-3-4(2-6(5)13)9(14)15-7(3)8-10(18)16-11(17)19-8/h1-2H,(H2,14,15)(H,16,17,18)/b8-7+. The van der Waals surface area contributed by atoms with Crippen LogP contribution in [0.3, 0.4) is 0 Å². The van der Waals surface area contributed by atoms with E-state index in [9.17, 15) is 4.79 Å². The Kier molecular flexibility index (Phi) is 3.05. The zero-order chi connectivity index (χ0) is 13.7. The number of nitrogens with one attached hydrogen (secondary N) is 3. The molecule has 0 bridgehead atoms. The van der Waals surface area contributed by atoms with Gasteiger partial charge in [-0.25, -0.2) is 0 Å². The summed E-state index contributed by atoms with van der Waals surface area (Å²) in [5.41, 5.74) is 1.98. The van der Waals surface area contributed by atoms with E-state index in [0.717, 1.165) is 17.3 Å². The van der Waals surface area contributed by atoms with E-state index in [1.165, 1.54) is 0 Å². The molecule has 19 heavy (non-hydrogen) atoms. The van der Waals surface area contributed by atoms with E-state index < -0.39 is 0 Å². The highest BCUT2D eigenvalue weighted by Gasteiger charge is 2.31. The lowest BCUT2D eigenvalue weighted by Crippen LogP contribution is -2.18. The van der Waals surface area contributed by atoms with Crippen molar-refractivity contribution in [3.8, 4) is 0 Å². The first-order valence-corrected chi connectivity index (χ1v) is 7.08. The Morgan fingerprint density at radius 1 is 1.16 bits per heavy atom. The maximum atomic E-state index is 11.3. The third kappa shape index (κ3) is 2.04. The van der Waals surface area contributed by atoms with Crippen molar-refractivity contribution in [2.24, 2.45) is 0 Å². The summed E-state index contributed by atoms with van der Waals surface area (Å²) in [4.78, 5) is 12.3. The van der Waals surface area contributed by atoms with E-state index in [4.69, 9.17) is 40.8 Å². The molecule has 0 aromatic heterocycles. The zero-order valence-electron chi connectivity index (χ0n) is 9.14. The number of halogens is 2. The van der Waals surface area contributed by atoms with E-state index in [1.54, 1.807) is 12.1 Å². The molecule has 3 N–H and O–H groups in total. The fourth-order valence-electron chi connectivity index (χ4n) is 1.88. The molecule has 0 spiro atoms. The molecule has 3 rings (SSSR count). The molecule has 2 heterocycles. The van der Waals surface area contributed by atoms with Crippen LogP contribution in [0.5, 0.6) is 0 Å². The van der Waals surface area contributed by atoms with Gasteiger partial charge in [-0.1, -0.05) is 35.4 Å². The number of carbonyl (C=O) groups is 1. The molecule has 1 aromatic carbocycles. The second-order valence-electron chi connectivity index (χ2n) is 3.86. The van der Waals surface area contributed by atoms with Gasteiger partial charge in [-0.3, -0.25) is 10.2 Å². The number of thioether (sulfide) groups is 1. The van der Waals surface area contributed by atoms with Gasteiger partial charge in [-0.2, -0.15) is 0 Å². The van der Waals surface area contributed by atoms with Crippen LogP contribution in [0, 0.1) is 5.41 Å². The van der Waals surface area contributed by atoms with E-state index in [0.29, 0.717) is 31.2 Å². The van der Waals surface area contributed by atoms with Crippen LogP contribution in [0.4, 0.5) is 4.79 Å². The van der Waals surface area contributed by atoms with Gasteiger partial charge in [0.1, 0.15) is 10.8 Å². The van der Waals surface area contributed by atoms with Gasteiger partial charge in [-0.05, 0) is 23.9 Å². The van der Waals surface area contributed by atoms with Crippen molar-refractivity contribution in [2.45, 2.75) is 0 Å². The predicted molar refractivity (Wildman–Crippen MR) is 82.1 cm³/mol. The van der Waals surface area contributed by atoms with E-state index in [-0.39, 0.29) is 11.1 Å². The van der Waals surface area contributed by atoms with Gasteiger partial charge in [0, 0.05) is 11.1 Å². The lowest BCUT2D eigenvalue weighted by atomic mass is 10.1. The van der Waals surface area contributed by atoms with Gasteiger partial charge < -0.3 is 10.6 Å². The van der Waals surface area contributed by atoms with Crippen LogP contribution < -0.4 is 10.6 Å². The van der Waals surface area contributed by atoms with Gasteiger partial charge in [-0.15, -0.1) is 0 Å². The second kappa shape index (κ2) is 4.49. The first-order valence-electron chi connectivity index (χ1n) is 5.10. The molecule has 0 saturated carbocycles. The average molecular weight is 330 g/mol. The Hall–Kier alpha value is -1.08. The summed E-state index contributed by atoms with van der Waals surface area (Å²) in [6, 6.07) is 3.29. The predicted octanol–water partition coefficient (Wildman–Crippen LogP) is 3.37. The second-order valence-corrected chi connectivity index (χ2v) is 6.07. The van der Waals surface area contributed by atoms with E-state index in [2.05, 4.69) is 10.6 Å². The normalized spacial score (nSPS) is 21.5. The Balaban J connectivity index is 2.22. The molecule has 0 radical (unpaired) electrons. The minimum atomic E-state index is -0.227. The van der Waals surface area contributed by atoms with Crippen molar-refractivity contribution in [1.82, 2.24) is 10.6 Å². The Labute approximate surface area is 128 Å². The summed E-state index contributed by atoms with van der Waals surface area (Å²) in [6.07, 6.45) is 0. The van der Waals surface area contributed by atoms with Crippen LogP contribution in [0.1, 0.15) is 11.1 Å². The molecular weight excluding hydrogens is 325 g/mol. The van der Waals surface area contributed by atoms with Gasteiger partial charge in [0.15, 0.2) is 0 Å². The topological polar surface area (TPSA) is 65.0 Å². The van der Waals surface area contributed by atoms with Crippen molar-refractivity contribution in [1.29, 1.82) is 5.41 Å². The third-order valence-corrected chi connectivity index (χ3v) is 4.75. The smallest absolute Gasteiger partial charge is 0.289 e. The fraction of sp³-hybridized carbons (Fsp3) is 0. The molecule has 0 atom stereocenters. The lowest BCUT2D eigenvalue weighted by molar-refractivity contribution is 0.265. The summed E-state index contributed by atoms with van der Waals surface area (Å²) >= 11 is 18.0. The van der Waals surface area contributed by atoms with Crippen LogP contribution in [0.15, 0.2) is 17.0 Å². The average Bonchev–Trinajstić information content (AvgIpc) is 2.82. The van der Waals surface area contributed by atoms with Gasteiger partial charge in [0.05, 0.1) is 20.6 Å². The summed E-state index contributed by atoms with van der Waals surface area (Å²) in [6.45, 7) is 0. The van der Waals surface area contributed by atoms with Crippen molar-refractivity contribution in [3.05, 3.63) is 38.2 Å².